The first-order chi connectivity index (χ1) is 21.9. The molecule has 0 fully saturated rings. The van der Waals surface area contributed by atoms with Crippen molar-refractivity contribution < 1.29 is 76.3 Å². The lowest BCUT2D eigenvalue weighted by molar-refractivity contribution is -0.187. The number of esters is 8. The molecule has 0 aromatic carbocycles. The molecule has 1 N–H and O–H groups in total. The Hall–Kier alpha value is -4.80. The third-order valence-electron chi connectivity index (χ3n) is 6.53. The van der Waals surface area contributed by atoms with Gasteiger partial charge in [0.1, 0.15) is 13.2 Å². The Morgan fingerprint density at radius 3 is 0.979 bits per heavy atom. The molecule has 2 rings (SSSR count). The lowest BCUT2D eigenvalue weighted by Gasteiger charge is -2.44. The van der Waals surface area contributed by atoms with Gasteiger partial charge in [-0.05, 0) is 0 Å². The van der Waals surface area contributed by atoms with Gasteiger partial charge in [0, 0.05) is 66.5 Å². The minimum absolute atomic E-state index is 0.126. The molecule has 2 aliphatic carbocycles. The average Bonchev–Trinajstić information content (AvgIpc) is 2.91. The van der Waals surface area contributed by atoms with E-state index in [0.29, 0.717) is 0 Å². The van der Waals surface area contributed by atoms with E-state index >= 15 is 0 Å². The molecule has 17 heteroatoms. The maximum Gasteiger partial charge on any atom is 0.303 e. The van der Waals surface area contributed by atoms with Crippen LogP contribution in [0, 0.1) is 0 Å². The van der Waals surface area contributed by atoms with Crippen LogP contribution >= 0.6 is 0 Å². The molecule has 0 radical (unpaired) electrons. The summed E-state index contributed by atoms with van der Waals surface area (Å²) in [5.74, 6) is -6.30. The Balaban J connectivity index is 2.82. The topological polar surface area (TPSA) is 222 Å². The first-order valence-electron chi connectivity index (χ1n) is 14.4. The van der Waals surface area contributed by atoms with Crippen LogP contribution in [0.1, 0.15) is 55.4 Å². The van der Waals surface area contributed by atoms with Crippen LogP contribution in [0.4, 0.5) is 0 Å². The second kappa shape index (κ2) is 17.2. The Morgan fingerprint density at radius 1 is 0.447 bits per heavy atom. The van der Waals surface area contributed by atoms with E-state index in [0.717, 1.165) is 55.4 Å². The van der Waals surface area contributed by atoms with Gasteiger partial charge in [-0.2, -0.15) is 0 Å². The number of carbonyl (C=O) groups is 8. The van der Waals surface area contributed by atoms with E-state index in [1.54, 1.807) is 0 Å². The maximum atomic E-state index is 12.3. The highest BCUT2D eigenvalue weighted by Gasteiger charge is 2.51. The molecule has 0 aliphatic heterocycles. The molecular formula is C30H39NO16. The van der Waals surface area contributed by atoms with Gasteiger partial charge in [0.15, 0.2) is 36.6 Å². The van der Waals surface area contributed by atoms with Crippen molar-refractivity contribution in [2.45, 2.75) is 104 Å². The van der Waals surface area contributed by atoms with E-state index in [-0.39, 0.29) is 11.1 Å². The van der Waals surface area contributed by atoms with Crippen LogP contribution in [0.5, 0.6) is 0 Å². The summed E-state index contributed by atoms with van der Waals surface area (Å²) in [7, 11) is 0. The van der Waals surface area contributed by atoms with Gasteiger partial charge in [-0.3, -0.25) is 43.7 Å². The van der Waals surface area contributed by atoms with Gasteiger partial charge in [0.05, 0.1) is 12.1 Å². The van der Waals surface area contributed by atoms with E-state index < -0.39 is 110 Å². The highest BCUT2D eigenvalue weighted by Crippen LogP contribution is 2.33. The summed E-state index contributed by atoms with van der Waals surface area (Å²) in [5, 5.41) is 3.11. The SMILES string of the molecule is CC(=O)OCC1=C[C@H](N[C@H]2C=C(COC(C)=O)[C@@H](OC(C)=O)[C@H](OC(C)=O)[C@H]2OC(C)=O)[C@H](OC(C)=O)[C@@H](OC(C)=O)[C@@H]1OC(C)=O. The number of hydrogen-bond acceptors (Lipinski definition) is 17. The molecule has 17 nitrogen and oxygen atoms in total. The molecule has 8 atom stereocenters. The monoisotopic (exact) mass is 669 g/mol. The highest BCUT2D eigenvalue weighted by molar-refractivity contribution is 5.71. The molecule has 0 spiro atoms. The summed E-state index contributed by atoms with van der Waals surface area (Å²) in [6, 6.07) is -2.34. The summed E-state index contributed by atoms with van der Waals surface area (Å²) in [6.45, 7) is 7.90. The van der Waals surface area contributed by atoms with E-state index in [4.69, 9.17) is 37.9 Å². The van der Waals surface area contributed by atoms with E-state index in [9.17, 15) is 38.4 Å². The van der Waals surface area contributed by atoms with Gasteiger partial charge < -0.3 is 37.9 Å². The van der Waals surface area contributed by atoms with E-state index in [1.165, 1.54) is 12.2 Å². The van der Waals surface area contributed by atoms with Crippen molar-refractivity contribution in [3.05, 3.63) is 23.3 Å². The van der Waals surface area contributed by atoms with Crippen LogP contribution in [0.25, 0.3) is 0 Å². The van der Waals surface area contributed by atoms with E-state index in [1.807, 2.05) is 0 Å². The normalized spacial score (nSPS) is 26.6. The first-order valence-corrected chi connectivity index (χ1v) is 14.4. The minimum atomic E-state index is -1.48. The standard InChI is InChI=1S/C30H39NO16/c1-13(32)40-11-21-9-23(27(44-17(5)36)29(46-19(7)38)25(21)42-15(3)34)31-24-10-22(12-41-14(2)33)26(43-16(4)35)30(47-20(8)39)28(24)45-18(6)37/h9-10,23-31H,11-12H2,1-8H3/t23-,24-,25+,26+,27-,28-,29-,30-/m0/s1. The highest BCUT2D eigenvalue weighted by atomic mass is 16.6. The number of hydrogen-bond donors (Lipinski definition) is 1. The quantitative estimate of drug-likeness (QED) is 0.163. The molecule has 0 saturated heterocycles. The van der Waals surface area contributed by atoms with Crippen LogP contribution in [0.3, 0.4) is 0 Å². The summed E-state index contributed by atoms with van der Waals surface area (Å²) in [5.41, 5.74) is 0.252. The zero-order valence-corrected chi connectivity index (χ0v) is 27.2. The predicted octanol–water partition coefficient (Wildman–Crippen LogP) is -0.0904. The third kappa shape index (κ3) is 11.8. The summed E-state index contributed by atoms with van der Waals surface area (Å²) >= 11 is 0. The van der Waals surface area contributed by atoms with Crippen molar-refractivity contribution in [2.24, 2.45) is 0 Å². The summed E-state index contributed by atoms with van der Waals surface area (Å²) < 4.78 is 43.2. The lowest BCUT2D eigenvalue weighted by Crippen LogP contribution is -2.64. The Labute approximate surface area is 270 Å². The summed E-state index contributed by atoms with van der Waals surface area (Å²) in [4.78, 5) is 96.7. The molecule has 47 heavy (non-hydrogen) atoms. The van der Waals surface area contributed by atoms with Crippen LogP contribution in [0.2, 0.25) is 0 Å². The smallest absolute Gasteiger partial charge is 0.303 e. The van der Waals surface area contributed by atoms with Crippen molar-refractivity contribution >= 4 is 47.8 Å². The summed E-state index contributed by atoms with van der Waals surface area (Å²) in [6.07, 6.45) is -5.71. The number of nitrogens with one attached hydrogen (secondary N) is 1. The van der Waals surface area contributed by atoms with Crippen molar-refractivity contribution in [2.75, 3.05) is 13.2 Å². The predicted molar refractivity (Wildman–Crippen MR) is 153 cm³/mol. The molecule has 0 bridgehead atoms. The van der Waals surface area contributed by atoms with Crippen molar-refractivity contribution in [1.29, 1.82) is 0 Å². The number of carbonyl (C=O) groups excluding carboxylic acids is 8. The zero-order chi connectivity index (χ0) is 35.6. The average molecular weight is 670 g/mol. The first kappa shape index (κ1) is 38.4. The fraction of sp³-hybridized carbons (Fsp3) is 0.600. The van der Waals surface area contributed by atoms with Gasteiger partial charge in [-0.1, -0.05) is 12.2 Å². The molecular weight excluding hydrogens is 630 g/mol. The van der Waals surface area contributed by atoms with Gasteiger partial charge in [0.2, 0.25) is 0 Å². The molecule has 2 aliphatic rings. The molecule has 0 heterocycles. The van der Waals surface area contributed by atoms with Crippen LogP contribution in [-0.2, 0) is 76.3 Å². The second-order valence-corrected chi connectivity index (χ2v) is 10.6. The van der Waals surface area contributed by atoms with Crippen LogP contribution in [0.15, 0.2) is 23.3 Å². The molecule has 0 unspecified atom stereocenters. The Kier molecular flexibility index (Phi) is 14.1. The number of ether oxygens (including phenoxy) is 8. The Bertz CT molecular complexity index is 1220. The fourth-order valence-corrected chi connectivity index (χ4v) is 5.10. The fourth-order valence-electron chi connectivity index (χ4n) is 5.10. The van der Waals surface area contributed by atoms with Crippen molar-refractivity contribution in [3.63, 3.8) is 0 Å². The molecule has 0 saturated carbocycles. The molecule has 260 valence electrons. The Morgan fingerprint density at radius 2 is 0.723 bits per heavy atom. The molecule has 0 amide bonds. The van der Waals surface area contributed by atoms with Gasteiger partial charge in [-0.25, -0.2) is 0 Å². The third-order valence-corrected chi connectivity index (χ3v) is 6.53. The molecule has 0 aromatic heterocycles. The van der Waals surface area contributed by atoms with Gasteiger partial charge >= 0.3 is 47.8 Å². The minimum Gasteiger partial charge on any atom is -0.461 e. The molecule has 0 aromatic rings. The lowest BCUT2D eigenvalue weighted by atomic mass is 9.84. The maximum absolute atomic E-state index is 12.3. The van der Waals surface area contributed by atoms with Crippen LogP contribution in [-0.4, -0.2) is 110 Å². The van der Waals surface area contributed by atoms with Crippen molar-refractivity contribution in [1.82, 2.24) is 5.32 Å². The zero-order valence-electron chi connectivity index (χ0n) is 27.2. The van der Waals surface area contributed by atoms with Crippen LogP contribution < -0.4 is 5.32 Å². The largest absolute Gasteiger partial charge is 0.461 e. The van der Waals surface area contributed by atoms with E-state index in [2.05, 4.69) is 5.32 Å². The number of rotatable bonds is 12. The van der Waals surface area contributed by atoms with Gasteiger partial charge in [-0.15, -0.1) is 0 Å². The second-order valence-electron chi connectivity index (χ2n) is 10.6. The van der Waals surface area contributed by atoms with Crippen molar-refractivity contribution in [3.8, 4) is 0 Å². The van der Waals surface area contributed by atoms with Gasteiger partial charge in [0.25, 0.3) is 0 Å².